The van der Waals surface area contributed by atoms with Crippen molar-refractivity contribution in [1.29, 1.82) is 0 Å². The van der Waals surface area contributed by atoms with Gasteiger partial charge in [0.15, 0.2) is 0 Å². The summed E-state index contributed by atoms with van der Waals surface area (Å²) in [5.74, 6) is 1.99. The SMILES string of the molecule is C=CC1COCC1Cc1ccc(OC)cc1. The van der Waals surface area contributed by atoms with E-state index in [4.69, 9.17) is 9.47 Å². The van der Waals surface area contributed by atoms with Crippen molar-refractivity contribution >= 4 is 0 Å². The summed E-state index contributed by atoms with van der Waals surface area (Å²) < 4.78 is 10.6. The molecule has 1 aromatic carbocycles. The van der Waals surface area contributed by atoms with Gasteiger partial charge in [-0.1, -0.05) is 18.2 Å². The number of methoxy groups -OCH3 is 1. The first-order chi connectivity index (χ1) is 7.83. The van der Waals surface area contributed by atoms with Crippen LogP contribution in [0.1, 0.15) is 5.56 Å². The highest BCUT2D eigenvalue weighted by molar-refractivity contribution is 5.27. The molecule has 2 atom stereocenters. The Morgan fingerprint density at radius 3 is 2.75 bits per heavy atom. The van der Waals surface area contributed by atoms with Crippen molar-refractivity contribution < 1.29 is 9.47 Å². The Bertz CT molecular complexity index is 342. The standard InChI is InChI=1S/C14H18O2/c1-3-12-9-16-10-13(12)8-11-4-6-14(15-2)7-5-11/h3-7,12-13H,1,8-10H2,2H3. The van der Waals surface area contributed by atoms with E-state index in [1.165, 1.54) is 5.56 Å². The van der Waals surface area contributed by atoms with E-state index in [2.05, 4.69) is 18.7 Å². The van der Waals surface area contributed by atoms with Gasteiger partial charge in [-0.05, 0) is 30.0 Å². The summed E-state index contributed by atoms with van der Waals surface area (Å²) in [7, 11) is 1.69. The molecule has 1 heterocycles. The van der Waals surface area contributed by atoms with Crippen molar-refractivity contribution in [2.24, 2.45) is 11.8 Å². The predicted molar refractivity (Wildman–Crippen MR) is 64.7 cm³/mol. The third-order valence-electron chi connectivity index (χ3n) is 3.21. The summed E-state index contributed by atoms with van der Waals surface area (Å²) in [4.78, 5) is 0. The molecule has 2 unspecified atom stereocenters. The first-order valence-electron chi connectivity index (χ1n) is 5.66. The van der Waals surface area contributed by atoms with Crippen LogP contribution in [0.15, 0.2) is 36.9 Å². The molecule has 1 saturated heterocycles. The molecule has 0 amide bonds. The Labute approximate surface area is 96.9 Å². The second-order valence-corrected chi connectivity index (χ2v) is 4.25. The quantitative estimate of drug-likeness (QED) is 0.723. The number of rotatable bonds is 4. The lowest BCUT2D eigenvalue weighted by Crippen LogP contribution is -2.12. The van der Waals surface area contributed by atoms with Gasteiger partial charge in [-0.25, -0.2) is 0 Å². The molecule has 0 spiro atoms. The van der Waals surface area contributed by atoms with Crippen molar-refractivity contribution in [2.45, 2.75) is 6.42 Å². The summed E-state index contributed by atoms with van der Waals surface area (Å²) in [6.45, 7) is 5.54. The third-order valence-corrected chi connectivity index (χ3v) is 3.21. The van der Waals surface area contributed by atoms with E-state index < -0.39 is 0 Å². The number of ether oxygens (including phenoxy) is 2. The molecule has 0 aliphatic carbocycles. The minimum Gasteiger partial charge on any atom is -0.497 e. The van der Waals surface area contributed by atoms with Gasteiger partial charge in [-0.2, -0.15) is 0 Å². The first-order valence-corrected chi connectivity index (χ1v) is 5.66. The van der Waals surface area contributed by atoms with Crippen LogP contribution in [-0.2, 0) is 11.2 Å². The molecule has 0 N–H and O–H groups in total. The van der Waals surface area contributed by atoms with Gasteiger partial charge < -0.3 is 9.47 Å². The van der Waals surface area contributed by atoms with E-state index in [0.717, 1.165) is 25.4 Å². The maximum absolute atomic E-state index is 5.48. The maximum Gasteiger partial charge on any atom is 0.118 e. The maximum atomic E-state index is 5.48. The minimum absolute atomic E-state index is 0.502. The average molecular weight is 218 g/mol. The molecule has 2 heteroatoms. The molecule has 1 aromatic rings. The molecular weight excluding hydrogens is 200 g/mol. The van der Waals surface area contributed by atoms with E-state index >= 15 is 0 Å². The minimum atomic E-state index is 0.502. The largest absolute Gasteiger partial charge is 0.497 e. The van der Waals surface area contributed by atoms with Crippen LogP contribution in [0.5, 0.6) is 5.75 Å². The number of hydrogen-bond donors (Lipinski definition) is 0. The van der Waals surface area contributed by atoms with Gasteiger partial charge in [0.1, 0.15) is 5.75 Å². The summed E-state index contributed by atoms with van der Waals surface area (Å²) >= 11 is 0. The first kappa shape index (κ1) is 11.2. The fourth-order valence-corrected chi connectivity index (χ4v) is 2.15. The van der Waals surface area contributed by atoms with Gasteiger partial charge in [0.05, 0.1) is 20.3 Å². The Kier molecular flexibility index (Phi) is 3.62. The van der Waals surface area contributed by atoms with Crippen LogP contribution in [-0.4, -0.2) is 20.3 Å². The van der Waals surface area contributed by atoms with Crippen LogP contribution in [0.2, 0.25) is 0 Å². The third kappa shape index (κ3) is 2.45. The molecule has 16 heavy (non-hydrogen) atoms. The number of benzene rings is 1. The molecular formula is C14H18O2. The van der Waals surface area contributed by atoms with Crippen molar-refractivity contribution in [2.75, 3.05) is 20.3 Å². The van der Waals surface area contributed by atoms with E-state index in [9.17, 15) is 0 Å². The normalized spacial score (nSPS) is 24.3. The molecule has 1 aliphatic rings. The highest BCUT2D eigenvalue weighted by Crippen LogP contribution is 2.26. The highest BCUT2D eigenvalue weighted by Gasteiger charge is 2.25. The fraction of sp³-hybridized carbons (Fsp3) is 0.429. The van der Waals surface area contributed by atoms with E-state index in [-0.39, 0.29) is 0 Å². The molecule has 86 valence electrons. The van der Waals surface area contributed by atoms with Crippen molar-refractivity contribution in [1.82, 2.24) is 0 Å². The van der Waals surface area contributed by atoms with Gasteiger partial charge >= 0.3 is 0 Å². The van der Waals surface area contributed by atoms with Crippen LogP contribution >= 0.6 is 0 Å². The molecule has 2 nitrogen and oxygen atoms in total. The van der Waals surface area contributed by atoms with Crippen LogP contribution < -0.4 is 4.74 Å². The monoisotopic (exact) mass is 218 g/mol. The Morgan fingerprint density at radius 2 is 2.12 bits per heavy atom. The van der Waals surface area contributed by atoms with Crippen molar-refractivity contribution in [3.8, 4) is 5.75 Å². The van der Waals surface area contributed by atoms with Crippen molar-refractivity contribution in [3.05, 3.63) is 42.5 Å². The highest BCUT2D eigenvalue weighted by atomic mass is 16.5. The molecule has 2 rings (SSSR count). The Morgan fingerprint density at radius 1 is 1.38 bits per heavy atom. The van der Waals surface area contributed by atoms with Crippen molar-refractivity contribution in [3.63, 3.8) is 0 Å². The lowest BCUT2D eigenvalue weighted by molar-refractivity contribution is 0.183. The lowest BCUT2D eigenvalue weighted by atomic mass is 9.90. The molecule has 0 aromatic heterocycles. The van der Waals surface area contributed by atoms with E-state index in [1.807, 2.05) is 18.2 Å². The Balaban J connectivity index is 2.00. The van der Waals surface area contributed by atoms with Gasteiger partial charge in [0.2, 0.25) is 0 Å². The second-order valence-electron chi connectivity index (χ2n) is 4.25. The van der Waals surface area contributed by atoms with Gasteiger partial charge in [-0.3, -0.25) is 0 Å². The van der Waals surface area contributed by atoms with Gasteiger partial charge in [0.25, 0.3) is 0 Å². The molecule has 1 fully saturated rings. The van der Waals surface area contributed by atoms with Crippen LogP contribution in [0, 0.1) is 11.8 Å². The summed E-state index contributed by atoms with van der Waals surface area (Å²) in [6.07, 6.45) is 3.07. The zero-order valence-electron chi connectivity index (χ0n) is 9.69. The smallest absolute Gasteiger partial charge is 0.118 e. The fourth-order valence-electron chi connectivity index (χ4n) is 2.15. The van der Waals surface area contributed by atoms with Crippen LogP contribution in [0.3, 0.4) is 0 Å². The molecule has 0 saturated carbocycles. The van der Waals surface area contributed by atoms with E-state index in [1.54, 1.807) is 7.11 Å². The molecule has 0 bridgehead atoms. The Hall–Kier alpha value is -1.28. The lowest BCUT2D eigenvalue weighted by Gasteiger charge is -2.13. The van der Waals surface area contributed by atoms with E-state index in [0.29, 0.717) is 11.8 Å². The van der Waals surface area contributed by atoms with Gasteiger partial charge in [0, 0.05) is 5.92 Å². The predicted octanol–water partition coefficient (Wildman–Crippen LogP) is 2.69. The molecule has 0 radical (unpaired) electrons. The summed E-state index contributed by atoms with van der Waals surface area (Å²) in [5.41, 5.74) is 1.34. The topological polar surface area (TPSA) is 18.5 Å². The van der Waals surface area contributed by atoms with Crippen LogP contribution in [0.25, 0.3) is 0 Å². The molecule has 1 aliphatic heterocycles. The van der Waals surface area contributed by atoms with Gasteiger partial charge in [-0.15, -0.1) is 6.58 Å². The average Bonchev–Trinajstić information content (AvgIpc) is 2.77. The second kappa shape index (κ2) is 5.17. The number of hydrogen-bond acceptors (Lipinski definition) is 2. The zero-order chi connectivity index (χ0) is 11.4. The summed E-state index contributed by atoms with van der Waals surface area (Å²) in [5, 5.41) is 0. The summed E-state index contributed by atoms with van der Waals surface area (Å²) in [6, 6.07) is 8.26. The van der Waals surface area contributed by atoms with Crippen LogP contribution in [0.4, 0.5) is 0 Å². The zero-order valence-corrected chi connectivity index (χ0v) is 9.69.